The molecule has 12 heavy (non-hydrogen) atoms. The highest BCUT2D eigenvalue weighted by molar-refractivity contribution is 5.91. The quantitative estimate of drug-likeness (QED) is 0.736. The Balaban J connectivity index is 2.40. The first-order valence-electron chi connectivity index (χ1n) is 3.17. The molecule has 1 amide bonds. The summed E-state index contributed by atoms with van der Waals surface area (Å²) in [7, 11) is 0. The minimum atomic E-state index is -2.55. The van der Waals surface area contributed by atoms with Crippen molar-refractivity contribution in [1.29, 1.82) is 0 Å². The van der Waals surface area contributed by atoms with E-state index in [1.165, 1.54) is 12.3 Å². The normalized spacial score (nSPS) is 10.2. The fourth-order valence-electron chi connectivity index (χ4n) is 0.590. The molecule has 66 valence electrons. The van der Waals surface area contributed by atoms with Gasteiger partial charge in [-0.3, -0.25) is 4.79 Å². The second kappa shape index (κ2) is 3.80. The Hall–Kier alpha value is -1.46. The van der Waals surface area contributed by atoms with Gasteiger partial charge in [-0.25, -0.2) is 8.78 Å². The lowest BCUT2D eigenvalue weighted by Crippen LogP contribution is -2.28. The molecule has 0 aliphatic carbocycles. The smallest absolute Gasteiger partial charge is 0.273 e. The summed E-state index contributed by atoms with van der Waals surface area (Å²) in [6, 6.07) is 1.29. The highest BCUT2D eigenvalue weighted by atomic mass is 19.3. The lowest BCUT2D eigenvalue weighted by Gasteiger charge is -1.99. The van der Waals surface area contributed by atoms with Crippen LogP contribution in [-0.4, -0.2) is 24.0 Å². The molecule has 0 unspecified atom stereocenters. The second-order valence-corrected chi connectivity index (χ2v) is 1.99. The Morgan fingerprint density at radius 2 is 2.50 bits per heavy atom. The van der Waals surface area contributed by atoms with E-state index in [9.17, 15) is 13.6 Å². The molecule has 0 radical (unpaired) electrons. The maximum atomic E-state index is 11.6. The molecule has 1 rings (SSSR count). The molecule has 1 aromatic rings. The van der Waals surface area contributed by atoms with Crippen molar-refractivity contribution in [2.75, 3.05) is 6.54 Å². The van der Waals surface area contributed by atoms with Crippen LogP contribution >= 0.6 is 0 Å². The number of halogens is 2. The largest absolute Gasteiger partial charge is 0.364 e. The number of alkyl halides is 2. The molecular formula is C6H6F2N2O2. The van der Waals surface area contributed by atoms with Crippen LogP contribution in [0, 0.1) is 0 Å². The van der Waals surface area contributed by atoms with Crippen molar-refractivity contribution in [2.24, 2.45) is 0 Å². The fourth-order valence-corrected chi connectivity index (χ4v) is 0.590. The number of hydrogen-bond acceptors (Lipinski definition) is 3. The number of nitrogens with one attached hydrogen (secondary N) is 1. The van der Waals surface area contributed by atoms with Gasteiger partial charge in [-0.1, -0.05) is 5.16 Å². The first kappa shape index (κ1) is 8.63. The van der Waals surface area contributed by atoms with Gasteiger partial charge in [0.25, 0.3) is 12.3 Å². The van der Waals surface area contributed by atoms with Crippen molar-refractivity contribution < 1.29 is 18.1 Å². The monoisotopic (exact) mass is 176 g/mol. The van der Waals surface area contributed by atoms with Gasteiger partial charge in [0.15, 0.2) is 5.69 Å². The van der Waals surface area contributed by atoms with E-state index >= 15 is 0 Å². The zero-order valence-corrected chi connectivity index (χ0v) is 5.96. The lowest BCUT2D eigenvalue weighted by atomic mass is 10.4. The highest BCUT2D eigenvalue weighted by Crippen LogP contribution is 1.94. The van der Waals surface area contributed by atoms with Crippen molar-refractivity contribution in [3.8, 4) is 0 Å². The van der Waals surface area contributed by atoms with Crippen molar-refractivity contribution in [3.05, 3.63) is 18.0 Å². The van der Waals surface area contributed by atoms with Gasteiger partial charge in [-0.2, -0.15) is 0 Å². The molecule has 0 atom stereocenters. The topological polar surface area (TPSA) is 55.1 Å². The second-order valence-electron chi connectivity index (χ2n) is 1.99. The average Bonchev–Trinajstić information content (AvgIpc) is 2.51. The summed E-state index contributed by atoms with van der Waals surface area (Å²) in [6.45, 7) is -0.675. The van der Waals surface area contributed by atoms with Crippen molar-refractivity contribution >= 4 is 5.91 Å². The summed E-state index contributed by atoms with van der Waals surface area (Å²) in [5.41, 5.74) is -0.00403. The van der Waals surface area contributed by atoms with Gasteiger partial charge >= 0.3 is 0 Å². The van der Waals surface area contributed by atoms with E-state index in [4.69, 9.17) is 0 Å². The molecule has 0 fully saturated rings. The minimum Gasteiger partial charge on any atom is -0.364 e. The molecule has 0 aromatic carbocycles. The average molecular weight is 176 g/mol. The molecule has 0 spiro atoms. The van der Waals surface area contributed by atoms with Crippen LogP contribution in [0.2, 0.25) is 0 Å². The number of aromatic nitrogens is 1. The van der Waals surface area contributed by atoms with Crippen LogP contribution in [0.15, 0.2) is 16.9 Å². The predicted octanol–water partition coefficient (Wildman–Crippen LogP) is 0.669. The highest BCUT2D eigenvalue weighted by Gasteiger charge is 2.10. The van der Waals surface area contributed by atoms with Crippen LogP contribution in [-0.2, 0) is 0 Å². The Bertz CT molecular complexity index is 248. The molecule has 6 heteroatoms. The van der Waals surface area contributed by atoms with Crippen LogP contribution in [0.3, 0.4) is 0 Å². The fraction of sp³-hybridized carbons (Fsp3) is 0.333. The molecule has 0 saturated heterocycles. The number of carbonyl (C=O) groups excluding carboxylic acids is 1. The summed E-state index contributed by atoms with van der Waals surface area (Å²) >= 11 is 0. The number of amides is 1. The first-order valence-corrected chi connectivity index (χ1v) is 3.17. The Morgan fingerprint density at radius 3 is 3.00 bits per heavy atom. The van der Waals surface area contributed by atoms with Crippen LogP contribution in [0.5, 0.6) is 0 Å². The summed E-state index contributed by atoms with van der Waals surface area (Å²) in [6.07, 6.45) is -1.36. The summed E-state index contributed by atoms with van der Waals surface area (Å²) in [4.78, 5) is 10.8. The zero-order chi connectivity index (χ0) is 8.97. The van der Waals surface area contributed by atoms with E-state index in [1.807, 2.05) is 5.32 Å². The van der Waals surface area contributed by atoms with E-state index in [0.29, 0.717) is 0 Å². The van der Waals surface area contributed by atoms with E-state index in [2.05, 4.69) is 9.68 Å². The molecule has 0 bridgehead atoms. The van der Waals surface area contributed by atoms with E-state index in [0.717, 1.165) is 0 Å². The summed E-state index contributed by atoms with van der Waals surface area (Å²) < 4.78 is 27.5. The Kier molecular flexibility index (Phi) is 2.73. The van der Waals surface area contributed by atoms with Gasteiger partial charge in [0.1, 0.15) is 6.26 Å². The van der Waals surface area contributed by atoms with E-state index < -0.39 is 18.9 Å². The maximum Gasteiger partial charge on any atom is 0.273 e. The molecule has 0 aliphatic rings. The summed E-state index contributed by atoms with van der Waals surface area (Å²) in [5, 5.41) is 5.24. The number of carbonyl (C=O) groups is 1. The van der Waals surface area contributed by atoms with Gasteiger partial charge in [0.05, 0.1) is 6.54 Å². The molecule has 4 nitrogen and oxygen atoms in total. The molecule has 0 aliphatic heterocycles. The Morgan fingerprint density at radius 1 is 1.75 bits per heavy atom. The number of hydrogen-bond donors (Lipinski definition) is 1. The molecule has 1 heterocycles. The van der Waals surface area contributed by atoms with Gasteiger partial charge in [0.2, 0.25) is 0 Å². The van der Waals surface area contributed by atoms with Crippen LogP contribution in [0.1, 0.15) is 10.5 Å². The third-order valence-corrected chi connectivity index (χ3v) is 1.09. The van der Waals surface area contributed by atoms with E-state index in [1.54, 1.807) is 0 Å². The minimum absolute atomic E-state index is 0.00403. The third kappa shape index (κ3) is 2.30. The van der Waals surface area contributed by atoms with Crippen molar-refractivity contribution in [3.63, 3.8) is 0 Å². The molecule has 1 N–H and O–H groups in total. The van der Waals surface area contributed by atoms with Crippen molar-refractivity contribution in [2.45, 2.75) is 6.43 Å². The molecular weight excluding hydrogens is 170 g/mol. The van der Waals surface area contributed by atoms with Crippen LogP contribution in [0.4, 0.5) is 8.78 Å². The SMILES string of the molecule is O=C(NCC(F)F)c1ccon1. The van der Waals surface area contributed by atoms with Gasteiger partial charge in [0, 0.05) is 6.07 Å². The number of rotatable bonds is 3. The zero-order valence-electron chi connectivity index (χ0n) is 5.96. The summed E-state index contributed by atoms with van der Waals surface area (Å²) in [5.74, 6) is -0.663. The number of nitrogens with zero attached hydrogens (tertiary/aromatic N) is 1. The first-order chi connectivity index (χ1) is 5.70. The van der Waals surface area contributed by atoms with Crippen molar-refractivity contribution in [1.82, 2.24) is 10.5 Å². The third-order valence-electron chi connectivity index (χ3n) is 1.09. The molecule has 0 saturated carbocycles. The van der Waals surface area contributed by atoms with Gasteiger partial charge in [-0.15, -0.1) is 0 Å². The standard InChI is InChI=1S/C6H6F2N2O2/c7-5(8)3-9-6(11)4-1-2-12-10-4/h1-2,5H,3H2,(H,9,11). The van der Waals surface area contributed by atoms with Crippen LogP contribution in [0.25, 0.3) is 0 Å². The molecule has 1 aromatic heterocycles. The predicted molar refractivity (Wildman–Crippen MR) is 34.8 cm³/mol. The van der Waals surface area contributed by atoms with Gasteiger partial charge in [-0.05, 0) is 0 Å². The van der Waals surface area contributed by atoms with E-state index in [-0.39, 0.29) is 5.69 Å². The Labute approximate surface area is 66.5 Å². The van der Waals surface area contributed by atoms with Crippen LogP contribution < -0.4 is 5.32 Å². The maximum absolute atomic E-state index is 11.6. The van der Waals surface area contributed by atoms with Gasteiger partial charge < -0.3 is 9.84 Å². The lowest BCUT2D eigenvalue weighted by molar-refractivity contribution is 0.0883.